The van der Waals surface area contributed by atoms with E-state index in [0.29, 0.717) is 30.2 Å². The van der Waals surface area contributed by atoms with Gasteiger partial charge in [-0.2, -0.15) is 11.3 Å². The van der Waals surface area contributed by atoms with Gasteiger partial charge in [-0.05, 0) is 11.4 Å². The largest absolute Gasteiger partial charge is 0.391 e. The molecule has 1 atom stereocenters. The Hall–Kier alpha value is -0.980. The molecule has 1 amide bonds. The van der Waals surface area contributed by atoms with Crippen LogP contribution in [0.3, 0.4) is 0 Å². The summed E-state index contributed by atoms with van der Waals surface area (Å²) in [5.74, 6) is 0.0193. The molecule has 0 aliphatic carbocycles. The topological polar surface area (TPSA) is 55.6 Å². The van der Waals surface area contributed by atoms with Crippen LogP contribution in [0.5, 0.6) is 0 Å². The molecule has 16 heavy (non-hydrogen) atoms. The zero-order valence-electron chi connectivity index (χ0n) is 8.59. The molecule has 2 rings (SSSR count). The first-order valence-electron chi connectivity index (χ1n) is 4.91. The Kier molecular flexibility index (Phi) is 3.52. The molecule has 0 radical (unpaired) electrons. The Bertz CT molecular complexity index is 392. The third-order valence-electron chi connectivity index (χ3n) is 2.44. The predicted molar refractivity (Wildman–Crippen MR) is 66.7 cm³/mol. The molecule has 1 aromatic rings. The number of morpholine rings is 1. The highest BCUT2D eigenvalue weighted by Crippen LogP contribution is 2.13. The van der Waals surface area contributed by atoms with Crippen LogP contribution in [-0.4, -0.2) is 41.6 Å². The van der Waals surface area contributed by atoms with E-state index >= 15 is 0 Å². The molecule has 1 saturated heterocycles. The zero-order valence-corrected chi connectivity index (χ0v) is 10.2. The monoisotopic (exact) mass is 256 g/mol. The molecule has 1 fully saturated rings. The van der Waals surface area contributed by atoms with Gasteiger partial charge >= 0.3 is 0 Å². The van der Waals surface area contributed by atoms with Gasteiger partial charge in [-0.15, -0.1) is 0 Å². The van der Waals surface area contributed by atoms with Crippen molar-refractivity contribution in [3.05, 3.63) is 22.4 Å². The minimum absolute atomic E-state index is 0.0193. The number of hydrogen-bond donors (Lipinski definition) is 1. The lowest BCUT2D eigenvalue weighted by molar-refractivity contribution is 0.00881. The van der Waals surface area contributed by atoms with Crippen molar-refractivity contribution >= 4 is 34.5 Å². The molecule has 6 heteroatoms. The van der Waals surface area contributed by atoms with Crippen LogP contribution in [0.1, 0.15) is 10.4 Å². The summed E-state index contributed by atoms with van der Waals surface area (Å²) in [6.45, 7) is 1.52. The SMILES string of the molecule is NC(=S)C1CN(C(=O)c2ccsc2)CCO1. The summed E-state index contributed by atoms with van der Waals surface area (Å²) in [4.78, 5) is 14.1. The summed E-state index contributed by atoms with van der Waals surface area (Å²) in [6.07, 6.45) is -0.314. The quantitative estimate of drug-likeness (QED) is 0.798. The third kappa shape index (κ3) is 2.40. The molecule has 1 aromatic heterocycles. The normalized spacial score (nSPS) is 20.8. The van der Waals surface area contributed by atoms with Crippen LogP contribution in [0.25, 0.3) is 0 Å². The zero-order chi connectivity index (χ0) is 11.5. The van der Waals surface area contributed by atoms with Gasteiger partial charge in [0.2, 0.25) is 0 Å². The standard InChI is InChI=1S/C10H12N2O2S2/c11-9(15)8-5-12(2-3-14-8)10(13)7-1-4-16-6-7/h1,4,6,8H,2-3,5H2,(H2,11,15). The Balaban J connectivity index is 2.05. The van der Waals surface area contributed by atoms with E-state index in [1.165, 1.54) is 11.3 Å². The average Bonchev–Trinajstić information content (AvgIpc) is 2.81. The molecule has 0 bridgehead atoms. The highest BCUT2D eigenvalue weighted by Gasteiger charge is 2.26. The number of ether oxygens (including phenoxy) is 1. The fraction of sp³-hybridized carbons (Fsp3) is 0.400. The van der Waals surface area contributed by atoms with Crippen molar-refractivity contribution in [2.45, 2.75) is 6.10 Å². The molecular weight excluding hydrogens is 244 g/mol. The number of rotatable bonds is 2. The molecule has 1 aliphatic rings. The van der Waals surface area contributed by atoms with Gasteiger partial charge in [0, 0.05) is 11.9 Å². The Morgan fingerprint density at radius 3 is 3.12 bits per heavy atom. The molecule has 86 valence electrons. The van der Waals surface area contributed by atoms with Crippen LogP contribution in [0.15, 0.2) is 16.8 Å². The van der Waals surface area contributed by atoms with Gasteiger partial charge in [0.25, 0.3) is 5.91 Å². The lowest BCUT2D eigenvalue weighted by Gasteiger charge is -2.32. The van der Waals surface area contributed by atoms with E-state index < -0.39 is 0 Å². The van der Waals surface area contributed by atoms with Gasteiger partial charge in [-0.1, -0.05) is 12.2 Å². The molecule has 0 aromatic carbocycles. The van der Waals surface area contributed by atoms with E-state index in [2.05, 4.69) is 0 Å². The minimum Gasteiger partial charge on any atom is -0.391 e. The minimum atomic E-state index is -0.314. The van der Waals surface area contributed by atoms with E-state index in [1.807, 2.05) is 16.8 Å². The number of amides is 1. The lowest BCUT2D eigenvalue weighted by atomic mass is 10.2. The maximum Gasteiger partial charge on any atom is 0.254 e. The van der Waals surface area contributed by atoms with Crippen molar-refractivity contribution < 1.29 is 9.53 Å². The molecule has 0 saturated carbocycles. The van der Waals surface area contributed by atoms with Crippen molar-refractivity contribution in [1.29, 1.82) is 0 Å². The summed E-state index contributed by atoms with van der Waals surface area (Å²) < 4.78 is 5.38. The van der Waals surface area contributed by atoms with E-state index in [-0.39, 0.29) is 12.0 Å². The van der Waals surface area contributed by atoms with Crippen LogP contribution < -0.4 is 5.73 Å². The maximum atomic E-state index is 12.0. The van der Waals surface area contributed by atoms with Crippen LogP contribution >= 0.6 is 23.6 Å². The number of carbonyl (C=O) groups excluding carboxylic acids is 1. The van der Waals surface area contributed by atoms with Crippen molar-refractivity contribution in [2.75, 3.05) is 19.7 Å². The fourth-order valence-electron chi connectivity index (χ4n) is 1.57. The van der Waals surface area contributed by atoms with Gasteiger partial charge in [-0.25, -0.2) is 0 Å². The smallest absolute Gasteiger partial charge is 0.254 e. The van der Waals surface area contributed by atoms with Gasteiger partial charge in [0.15, 0.2) is 0 Å². The summed E-state index contributed by atoms with van der Waals surface area (Å²) >= 11 is 6.38. The van der Waals surface area contributed by atoms with Crippen LogP contribution in [-0.2, 0) is 4.74 Å². The first-order chi connectivity index (χ1) is 7.68. The molecule has 1 aliphatic heterocycles. The van der Waals surface area contributed by atoms with Crippen LogP contribution in [0, 0.1) is 0 Å². The number of thiocarbonyl (C=S) groups is 1. The number of thiophene rings is 1. The number of nitrogens with zero attached hydrogens (tertiary/aromatic N) is 1. The number of carbonyl (C=O) groups is 1. The average molecular weight is 256 g/mol. The first-order valence-corrected chi connectivity index (χ1v) is 6.26. The van der Waals surface area contributed by atoms with Crippen molar-refractivity contribution in [1.82, 2.24) is 4.90 Å². The molecular formula is C10H12N2O2S2. The van der Waals surface area contributed by atoms with Crippen LogP contribution in [0.4, 0.5) is 0 Å². The molecule has 0 spiro atoms. The second-order valence-electron chi connectivity index (χ2n) is 3.52. The number of nitrogens with two attached hydrogens (primary N) is 1. The van der Waals surface area contributed by atoms with E-state index in [4.69, 9.17) is 22.7 Å². The predicted octanol–water partition coefficient (Wildman–Crippen LogP) is 0.875. The molecule has 1 unspecified atom stereocenters. The first kappa shape index (κ1) is 11.5. The van der Waals surface area contributed by atoms with Crippen molar-refractivity contribution in [3.63, 3.8) is 0 Å². The highest BCUT2D eigenvalue weighted by molar-refractivity contribution is 7.80. The van der Waals surface area contributed by atoms with E-state index in [1.54, 1.807) is 4.90 Å². The summed E-state index contributed by atoms with van der Waals surface area (Å²) in [7, 11) is 0. The summed E-state index contributed by atoms with van der Waals surface area (Å²) in [5, 5.41) is 3.73. The fourth-order valence-corrected chi connectivity index (χ4v) is 2.35. The van der Waals surface area contributed by atoms with Crippen molar-refractivity contribution in [3.8, 4) is 0 Å². The summed E-state index contributed by atoms with van der Waals surface area (Å²) in [6, 6.07) is 1.82. The van der Waals surface area contributed by atoms with Crippen molar-refractivity contribution in [2.24, 2.45) is 5.73 Å². The highest BCUT2D eigenvalue weighted by atomic mass is 32.1. The second kappa shape index (κ2) is 4.90. The van der Waals surface area contributed by atoms with Gasteiger partial charge in [-0.3, -0.25) is 4.79 Å². The Labute approximate surface area is 103 Å². The number of hydrogen-bond acceptors (Lipinski definition) is 4. The lowest BCUT2D eigenvalue weighted by Crippen LogP contribution is -2.49. The van der Waals surface area contributed by atoms with E-state index in [0.717, 1.165) is 0 Å². The van der Waals surface area contributed by atoms with Gasteiger partial charge < -0.3 is 15.4 Å². The van der Waals surface area contributed by atoms with Gasteiger partial charge in [0.05, 0.1) is 18.7 Å². The summed E-state index contributed by atoms with van der Waals surface area (Å²) in [5.41, 5.74) is 6.24. The van der Waals surface area contributed by atoms with Crippen LogP contribution in [0.2, 0.25) is 0 Å². The Morgan fingerprint density at radius 2 is 2.50 bits per heavy atom. The Morgan fingerprint density at radius 1 is 1.69 bits per heavy atom. The molecule has 4 nitrogen and oxygen atoms in total. The maximum absolute atomic E-state index is 12.0. The second-order valence-corrected chi connectivity index (χ2v) is 4.78. The van der Waals surface area contributed by atoms with Gasteiger partial charge in [0.1, 0.15) is 11.1 Å². The molecule has 2 N–H and O–H groups in total. The third-order valence-corrected chi connectivity index (χ3v) is 3.39. The molecule has 2 heterocycles. The van der Waals surface area contributed by atoms with E-state index in [9.17, 15) is 4.79 Å².